The quantitative estimate of drug-likeness (QED) is 0.481. The van der Waals surface area contributed by atoms with E-state index < -0.39 is 0 Å². The number of nitrogens with zero attached hydrogens (tertiary/aromatic N) is 1. The van der Waals surface area contributed by atoms with Crippen molar-refractivity contribution in [3.8, 4) is 0 Å². The smallest absolute Gasteiger partial charge is 0.337 e. The Morgan fingerprint density at radius 2 is 1.81 bits per heavy atom. The second-order valence-electron chi connectivity index (χ2n) is 4.25. The van der Waals surface area contributed by atoms with Crippen molar-refractivity contribution in [2.45, 2.75) is 6.61 Å². The molecule has 0 bridgehead atoms. The Morgan fingerprint density at radius 3 is 2.43 bits per heavy atom. The Hall–Kier alpha value is -2.33. The average molecular weight is 304 g/mol. The van der Waals surface area contributed by atoms with Crippen LogP contribution in [0.25, 0.3) is 0 Å². The van der Waals surface area contributed by atoms with Crippen LogP contribution in [-0.4, -0.2) is 19.3 Å². The number of hydrogen-bond acceptors (Lipinski definition) is 4. The SMILES string of the molecule is COC(=O)c1ccc(/C=N/OCc2ccc(Cl)cc2)cc1. The molecule has 0 aliphatic carbocycles. The molecule has 0 atom stereocenters. The second-order valence-corrected chi connectivity index (χ2v) is 4.68. The van der Waals surface area contributed by atoms with Crippen molar-refractivity contribution in [2.24, 2.45) is 5.16 Å². The minimum Gasteiger partial charge on any atom is -0.465 e. The summed E-state index contributed by atoms with van der Waals surface area (Å²) in [5, 5.41) is 4.57. The van der Waals surface area contributed by atoms with Crippen LogP contribution in [0.5, 0.6) is 0 Å². The van der Waals surface area contributed by atoms with Crippen LogP contribution in [0.2, 0.25) is 5.02 Å². The zero-order valence-electron chi connectivity index (χ0n) is 11.5. The molecular formula is C16H14ClNO3. The van der Waals surface area contributed by atoms with Gasteiger partial charge in [0.2, 0.25) is 0 Å². The van der Waals surface area contributed by atoms with Gasteiger partial charge in [-0.25, -0.2) is 4.79 Å². The van der Waals surface area contributed by atoms with Crippen molar-refractivity contribution in [2.75, 3.05) is 7.11 Å². The summed E-state index contributed by atoms with van der Waals surface area (Å²) in [6, 6.07) is 14.2. The first-order chi connectivity index (χ1) is 10.2. The number of benzene rings is 2. The van der Waals surface area contributed by atoms with E-state index in [0.717, 1.165) is 11.1 Å². The Bertz CT molecular complexity index is 621. The molecule has 5 heteroatoms. The zero-order valence-corrected chi connectivity index (χ0v) is 12.2. The molecule has 0 aliphatic heterocycles. The van der Waals surface area contributed by atoms with Crippen LogP contribution in [0.1, 0.15) is 21.5 Å². The summed E-state index contributed by atoms with van der Waals surface area (Å²) in [6.45, 7) is 0.369. The fourth-order valence-corrected chi connectivity index (χ4v) is 1.74. The Balaban J connectivity index is 1.86. The van der Waals surface area contributed by atoms with Crippen LogP contribution >= 0.6 is 11.6 Å². The highest BCUT2D eigenvalue weighted by molar-refractivity contribution is 6.30. The molecule has 0 fully saturated rings. The fraction of sp³-hybridized carbons (Fsp3) is 0.125. The van der Waals surface area contributed by atoms with Gasteiger partial charge in [0.05, 0.1) is 18.9 Å². The molecule has 108 valence electrons. The van der Waals surface area contributed by atoms with Gasteiger partial charge in [0.15, 0.2) is 0 Å². The van der Waals surface area contributed by atoms with E-state index in [9.17, 15) is 4.79 Å². The third-order valence-corrected chi connectivity index (χ3v) is 3.00. The molecule has 2 rings (SSSR count). The lowest BCUT2D eigenvalue weighted by Gasteiger charge is -2.00. The van der Waals surface area contributed by atoms with Crippen molar-refractivity contribution >= 4 is 23.8 Å². The maximum atomic E-state index is 11.3. The predicted molar refractivity (Wildman–Crippen MR) is 81.6 cm³/mol. The number of ether oxygens (including phenoxy) is 1. The summed E-state index contributed by atoms with van der Waals surface area (Å²) in [5.74, 6) is -0.363. The Morgan fingerprint density at radius 1 is 1.14 bits per heavy atom. The molecule has 0 radical (unpaired) electrons. The third-order valence-electron chi connectivity index (χ3n) is 2.75. The largest absolute Gasteiger partial charge is 0.465 e. The molecule has 0 amide bonds. The van der Waals surface area contributed by atoms with Gasteiger partial charge in [-0.2, -0.15) is 0 Å². The maximum absolute atomic E-state index is 11.3. The number of hydrogen-bond donors (Lipinski definition) is 0. The number of oxime groups is 1. The van der Waals surface area contributed by atoms with E-state index in [0.29, 0.717) is 17.2 Å². The van der Waals surface area contributed by atoms with Gasteiger partial charge >= 0.3 is 5.97 Å². The van der Waals surface area contributed by atoms with E-state index >= 15 is 0 Å². The molecule has 0 spiro atoms. The van der Waals surface area contributed by atoms with Crippen molar-refractivity contribution in [3.63, 3.8) is 0 Å². The lowest BCUT2D eigenvalue weighted by Crippen LogP contribution is -2.00. The van der Waals surface area contributed by atoms with Crippen molar-refractivity contribution in [3.05, 3.63) is 70.2 Å². The summed E-state index contributed by atoms with van der Waals surface area (Å²) in [4.78, 5) is 16.5. The van der Waals surface area contributed by atoms with Crippen LogP contribution in [-0.2, 0) is 16.2 Å². The number of carbonyl (C=O) groups excluding carboxylic acids is 1. The van der Waals surface area contributed by atoms with Crippen LogP contribution in [0.4, 0.5) is 0 Å². The zero-order chi connectivity index (χ0) is 15.1. The first kappa shape index (κ1) is 15.1. The van der Waals surface area contributed by atoms with Gasteiger partial charge in [0.25, 0.3) is 0 Å². The molecule has 0 N–H and O–H groups in total. The maximum Gasteiger partial charge on any atom is 0.337 e. The van der Waals surface area contributed by atoms with Gasteiger partial charge < -0.3 is 9.57 Å². The van der Waals surface area contributed by atoms with Crippen LogP contribution in [0.15, 0.2) is 53.7 Å². The molecule has 0 saturated carbocycles. The van der Waals surface area contributed by atoms with Crippen LogP contribution in [0, 0.1) is 0 Å². The topological polar surface area (TPSA) is 47.9 Å². The summed E-state index contributed by atoms with van der Waals surface area (Å²) < 4.78 is 4.63. The predicted octanol–water partition coefficient (Wildman–Crippen LogP) is 3.68. The standard InChI is InChI=1S/C16H14ClNO3/c1-20-16(19)14-6-2-12(3-7-14)10-18-21-11-13-4-8-15(17)9-5-13/h2-10H,11H2,1H3/b18-10+. The van der Waals surface area contributed by atoms with Gasteiger partial charge in [0, 0.05) is 5.02 Å². The van der Waals surface area contributed by atoms with Gasteiger partial charge in [-0.3, -0.25) is 0 Å². The Labute approximate surface area is 127 Å². The van der Waals surface area contributed by atoms with Crippen LogP contribution in [0.3, 0.4) is 0 Å². The van der Waals surface area contributed by atoms with Crippen LogP contribution < -0.4 is 0 Å². The minimum absolute atomic E-state index is 0.363. The minimum atomic E-state index is -0.363. The van der Waals surface area contributed by atoms with E-state index in [2.05, 4.69) is 9.89 Å². The number of halogens is 1. The first-order valence-corrected chi connectivity index (χ1v) is 6.65. The lowest BCUT2D eigenvalue weighted by molar-refractivity contribution is 0.0601. The number of carbonyl (C=O) groups is 1. The second kappa shape index (κ2) is 7.45. The van der Waals surface area contributed by atoms with E-state index in [-0.39, 0.29) is 5.97 Å². The highest BCUT2D eigenvalue weighted by Gasteiger charge is 2.03. The summed E-state index contributed by atoms with van der Waals surface area (Å²) in [6.07, 6.45) is 1.58. The van der Waals surface area contributed by atoms with Gasteiger partial charge in [-0.05, 0) is 35.4 Å². The number of rotatable bonds is 5. The van der Waals surface area contributed by atoms with E-state index in [4.69, 9.17) is 16.4 Å². The average Bonchev–Trinajstić information content (AvgIpc) is 2.53. The number of esters is 1. The van der Waals surface area contributed by atoms with E-state index in [1.54, 1.807) is 42.6 Å². The molecule has 2 aromatic rings. The molecule has 4 nitrogen and oxygen atoms in total. The normalized spacial score (nSPS) is 10.6. The molecule has 0 aromatic heterocycles. The molecular weight excluding hydrogens is 290 g/mol. The lowest BCUT2D eigenvalue weighted by atomic mass is 10.1. The molecule has 0 heterocycles. The summed E-state index contributed by atoms with van der Waals surface area (Å²) in [7, 11) is 1.35. The van der Waals surface area contributed by atoms with Crippen molar-refractivity contribution in [1.29, 1.82) is 0 Å². The summed E-state index contributed by atoms with van der Waals surface area (Å²) in [5.41, 5.74) is 2.31. The molecule has 0 aliphatic rings. The molecule has 2 aromatic carbocycles. The van der Waals surface area contributed by atoms with Gasteiger partial charge in [-0.15, -0.1) is 0 Å². The molecule has 21 heavy (non-hydrogen) atoms. The molecule has 0 unspecified atom stereocenters. The number of methoxy groups -OCH3 is 1. The van der Waals surface area contributed by atoms with Crippen molar-refractivity contribution < 1.29 is 14.4 Å². The molecule has 0 saturated heterocycles. The van der Waals surface area contributed by atoms with Gasteiger partial charge in [-0.1, -0.05) is 41.0 Å². The van der Waals surface area contributed by atoms with E-state index in [1.807, 2.05) is 12.1 Å². The summed E-state index contributed by atoms with van der Waals surface area (Å²) >= 11 is 5.80. The van der Waals surface area contributed by atoms with Crippen molar-refractivity contribution in [1.82, 2.24) is 0 Å². The highest BCUT2D eigenvalue weighted by atomic mass is 35.5. The first-order valence-electron chi connectivity index (χ1n) is 6.27. The highest BCUT2D eigenvalue weighted by Crippen LogP contribution is 2.10. The van der Waals surface area contributed by atoms with Gasteiger partial charge in [0.1, 0.15) is 6.61 Å². The fourth-order valence-electron chi connectivity index (χ4n) is 1.61. The van der Waals surface area contributed by atoms with E-state index in [1.165, 1.54) is 7.11 Å². The third kappa shape index (κ3) is 4.61. The monoisotopic (exact) mass is 303 g/mol. The Kier molecular flexibility index (Phi) is 5.35.